The molecule has 0 aliphatic heterocycles. The van der Waals surface area contributed by atoms with Crippen LogP contribution in [0.4, 0.5) is 4.39 Å². The fourth-order valence-corrected chi connectivity index (χ4v) is 3.01. The van der Waals surface area contributed by atoms with Crippen LogP contribution in [0.3, 0.4) is 0 Å². The van der Waals surface area contributed by atoms with Gasteiger partial charge < -0.3 is 13.7 Å². The molecule has 2 aromatic heterocycles. The van der Waals surface area contributed by atoms with E-state index in [1.807, 2.05) is 18.2 Å². The van der Waals surface area contributed by atoms with Gasteiger partial charge in [0.05, 0.1) is 6.42 Å². The highest BCUT2D eigenvalue weighted by Crippen LogP contribution is 2.25. The zero-order valence-corrected chi connectivity index (χ0v) is 16.1. The molecule has 0 aliphatic rings. The Balaban J connectivity index is 1.30. The summed E-state index contributed by atoms with van der Waals surface area (Å²) in [5.74, 6) is -0.617. The molecule has 0 atom stereocenters. The van der Waals surface area contributed by atoms with Crippen LogP contribution in [-0.2, 0) is 16.0 Å². The molecule has 0 unspecified atom stereocenters. The second-order valence-corrected chi connectivity index (χ2v) is 6.65. The Hall–Kier alpha value is -3.81. The maximum atomic E-state index is 13.0. The first kappa shape index (κ1) is 19.5. The highest BCUT2D eigenvalue weighted by Gasteiger charge is 2.19. The number of esters is 1. The fraction of sp³-hybridized carbons (Fsp3) is 0.182. The molecule has 0 aliphatic carbocycles. The average molecular weight is 408 g/mol. The van der Waals surface area contributed by atoms with E-state index in [9.17, 15) is 14.0 Å². The van der Waals surface area contributed by atoms with Gasteiger partial charge in [0.25, 0.3) is 0 Å². The highest BCUT2D eigenvalue weighted by molar-refractivity contribution is 6.01. The van der Waals surface area contributed by atoms with Crippen molar-refractivity contribution in [3.63, 3.8) is 0 Å². The van der Waals surface area contributed by atoms with Crippen LogP contribution in [0.15, 0.2) is 57.5 Å². The van der Waals surface area contributed by atoms with Crippen molar-refractivity contribution in [2.75, 3.05) is 6.61 Å². The summed E-state index contributed by atoms with van der Waals surface area (Å²) in [5, 5.41) is 4.66. The summed E-state index contributed by atoms with van der Waals surface area (Å²) >= 11 is 0. The van der Waals surface area contributed by atoms with Crippen LogP contribution in [0, 0.1) is 12.7 Å². The van der Waals surface area contributed by atoms with Gasteiger partial charge in [-0.15, -0.1) is 0 Å². The minimum absolute atomic E-state index is 0.0303. The number of ether oxygens (including phenoxy) is 1. The molecule has 2 heterocycles. The van der Waals surface area contributed by atoms with Crippen LogP contribution in [-0.4, -0.2) is 28.5 Å². The number of furan rings is 1. The number of nitrogens with zero attached hydrogens (tertiary/aromatic N) is 2. The number of hydrogen-bond donors (Lipinski definition) is 0. The molecule has 0 saturated heterocycles. The Morgan fingerprint density at radius 2 is 1.87 bits per heavy atom. The predicted octanol–water partition coefficient (Wildman–Crippen LogP) is 4.29. The van der Waals surface area contributed by atoms with Gasteiger partial charge in [0, 0.05) is 22.9 Å². The van der Waals surface area contributed by atoms with Crippen LogP contribution >= 0.6 is 0 Å². The minimum atomic E-state index is -0.571. The van der Waals surface area contributed by atoms with Gasteiger partial charge in [-0.25, -0.2) is 4.39 Å². The summed E-state index contributed by atoms with van der Waals surface area (Å²) in [4.78, 5) is 28.5. The molecular weight excluding hydrogens is 391 g/mol. The summed E-state index contributed by atoms with van der Waals surface area (Å²) in [5.41, 5.74) is 1.92. The Morgan fingerprint density at radius 3 is 2.63 bits per heavy atom. The van der Waals surface area contributed by atoms with Gasteiger partial charge in [0.15, 0.2) is 12.4 Å². The van der Waals surface area contributed by atoms with E-state index >= 15 is 0 Å². The zero-order valence-electron chi connectivity index (χ0n) is 16.1. The van der Waals surface area contributed by atoms with Crippen LogP contribution < -0.4 is 0 Å². The molecule has 0 N–H and O–H groups in total. The van der Waals surface area contributed by atoms with Crippen molar-refractivity contribution in [1.29, 1.82) is 0 Å². The Morgan fingerprint density at radius 1 is 1.10 bits per heavy atom. The highest BCUT2D eigenvalue weighted by atomic mass is 19.1. The van der Waals surface area contributed by atoms with E-state index in [4.69, 9.17) is 13.7 Å². The number of ketones is 1. The van der Waals surface area contributed by atoms with Gasteiger partial charge >= 0.3 is 5.97 Å². The molecule has 0 radical (unpaired) electrons. The maximum absolute atomic E-state index is 13.0. The number of aromatic nitrogens is 2. The smallest absolute Gasteiger partial charge is 0.306 e. The molecule has 0 bridgehead atoms. The Labute approximate surface area is 170 Å². The van der Waals surface area contributed by atoms with E-state index in [1.165, 1.54) is 24.3 Å². The second-order valence-electron chi connectivity index (χ2n) is 6.65. The first-order valence-corrected chi connectivity index (χ1v) is 9.27. The van der Waals surface area contributed by atoms with Crippen molar-refractivity contribution >= 4 is 22.7 Å². The number of rotatable bonds is 7. The lowest BCUT2D eigenvalue weighted by molar-refractivity contribution is -0.142. The van der Waals surface area contributed by atoms with E-state index < -0.39 is 18.4 Å². The number of hydrogen-bond acceptors (Lipinski definition) is 7. The Bertz CT molecular complexity index is 1210. The summed E-state index contributed by atoms with van der Waals surface area (Å²) in [6.07, 6.45) is 0.127. The lowest BCUT2D eigenvalue weighted by Crippen LogP contribution is -2.14. The standard InChI is InChI=1S/C22H17FN2O5/c1-13-16-4-2-3-5-18(16)29-21(13)17(26)12-28-20(27)11-10-19-24-22(25-30-19)14-6-8-15(23)9-7-14/h2-9H,10-12H2,1H3. The third-order valence-corrected chi connectivity index (χ3v) is 4.57. The molecule has 30 heavy (non-hydrogen) atoms. The number of carbonyl (C=O) groups is 2. The van der Waals surface area contributed by atoms with Crippen molar-refractivity contribution in [1.82, 2.24) is 10.1 Å². The molecule has 152 valence electrons. The van der Waals surface area contributed by atoms with Crippen molar-refractivity contribution in [2.24, 2.45) is 0 Å². The van der Waals surface area contributed by atoms with Crippen molar-refractivity contribution < 1.29 is 27.7 Å². The maximum Gasteiger partial charge on any atom is 0.306 e. The molecule has 4 aromatic rings. The Kier molecular flexibility index (Phi) is 5.38. The molecule has 0 saturated carbocycles. The summed E-state index contributed by atoms with van der Waals surface area (Å²) in [7, 11) is 0. The molecule has 0 fully saturated rings. The molecule has 8 heteroatoms. The second kappa shape index (κ2) is 8.28. The SMILES string of the molecule is Cc1c(C(=O)COC(=O)CCc2nc(-c3ccc(F)cc3)no2)oc2ccccc12. The van der Waals surface area contributed by atoms with Gasteiger partial charge in [-0.05, 0) is 37.3 Å². The van der Waals surface area contributed by atoms with Crippen LogP contribution in [0.5, 0.6) is 0 Å². The number of aryl methyl sites for hydroxylation is 2. The van der Waals surface area contributed by atoms with Crippen molar-refractivity contribution in [3.05, 3.63) is 71.6 Å². The van der Waals surface area contributed by atoms with Gasteiger partial charge in [-0.3, -0.25) is 9.59 Å². The summed E-state index contributed by atoms with van der Waals surface area (Å²) < 4.78 is 28.7. The van der Waals surface area contributed by atoms with Gasteiger partial charge in [-0.1, -0.05) is 23.4 Å². The monoisotopic (exact) mass is 408 g/mol. The summed E-state index contributed by atoms with van der Waals surface area (Å²) in [6.45, 7) is 1.37. The van der Waals surface area contributed by atoms with Gasteiger partial charge in [0.1, 0.15) is 11.4 Å². The van der Waals surface area contributed by atoms with Crippen molar-refractivity contribution in [3.8, 4) is 11.4 Å². The fourth-order valence-electron chi connectivity index (χ4n) is 3.01. The number of benzene rings is 2. The number of halogens is 1. The van der Waals surface area contributed by atoms with Crippen LogP contribution in [0.2, 0.25) is 0 Å². The van der Waals surface area contributed by atoms with Crippen LogP contribution in [0.1, 0.15) is 28.4 Å². The lowest BCUT2D eigenvalue weighted by atomic mass is 10.1. The number of Topliss-reactive ketones (excluding diaryl/α,β-unsaturated/α-hetero) is 1. The number of fused-ring (bicyclic) bond motifs is 1. The molecule has 0 spiro atoms. The van der Waals surface area contributed by atoms with E-state index in [0.717, 1.165) is 5.39 Å². The largest absolute Gasteiger partial charge is 0.457 e. The third-order valence-electron chi connectivity index (χ3n) is 4.57. The van der Waals surface area contributed by atoms with Gasteiger partial charge in [0.2, 0.25) is 17.5 Å². The molecule has 7 nitrogen and oxygen atoms in total. The predicted molar refractivity (Wildman–Crippen MR) is 104 cm³/mol. The third kappa shape index (κ3) is 4.12. The molecule has 2 aromatic carbocycles. The van der Waals surface area contributed by atoms with E-state index in [1.54, 1.807) is 13.0 Å². The van der Waals surface area contributed by atoms with Crippen LogP contribution in [0.25, 0.3) is 22.4 Å². The molecule has 0 amide bonds. The average Bonchev–Trinajstić information content (AvgIpc) is 3.36. The molecule has 4 rings (SSSR count). The molecular formula is C22H17FN2O5. The van der Waals surface area contributed by atoms with Crippen molar-refractivity contribution in [2.45, 2.75) is 19.8 Å². The van der Waals surface area contributed by atoms with E-state index in [2.05, 4.69) is 10.1 Å². The lowest BCUT2D eigenvalue weighted by Gasteiger charge is -2.02. The van der Waals surface area contributed by atoms with E-state index in [-0.39, 0.29) is 30.3 Å². The normalized spacial score (nSPS) is 11.0. The first-order valence-electron chi connectivity index (χ1n) is 9.27. The topological polar surface area (TPSA) is 95.4 Å². The quantitative estimate of drug-likeness (QED) is 0.332. The first-order chi connectivity index (χ1) is 14.5. The zero-order chi connectivity index (χ0) is 21.1. The summed E-state index contributed by atoms with van der Waals surface area (Å²) in [6, 6.07) is 13.0. The number of para-hydroxylation sites is 1. The minimum Gasteiger partial charge on any atom is -0.457 e. The van der Waals surface area contributed by atoms with E-state index in [0.29, 0.717) is 22.5 Å². The van der Waals surface area contributed by atoms with Gasteiger partial charge in [-0.2, -0.15) is 4.98 Å². The number of carbonyl (C=O) groups excluding carboxylic acids is 2.